The van der Waals surface area contributed by atoms with Crippen LogP contribution in [0.4, 0.5) is 4.39 Å². The summed E-state index contributed by atoms with van der Waals surface area (Å²) < 4.78 is 14.1. The van der Waals surface area contributed by atoms with Crippen LogP contribution in [0, 0.1) is 5.82 Å². The minimum absolute atomic E-state index is 0.0235. The van der Waals surface area contributed by atoms with Crippen molar-refractivity contribution in [1.82, 2.24) is 15.3 Å². The van der Waals surface area contributed by atoms with Gasteiger partial charge in [0.05, 0.1) is 15.5 Å². The third-order valence-electron chi connectivity index (χ3n) is 3.56. The molecule has 4 nitrogen and oxygen atoms in total. The predicted molar refractivity (Wildman–Crippen MR) is 106 cm³/mol. The molecule has 0 spiro atoms. The van der Waals surface area contributed by atoms with Gasteiger partial charge < -0.3 is 5.32 Å². The van der Waals surface area contributed by atoms with Crippen molar-refractivity contribution in [3.63, 3.8) is 0 Å². The Hall–Kier alpha value is -1.99. The average Bonchev–Trinajstić information content (AvgIpc) is 2.99. The number of amides is 1. The molecule has 1 amide bonds. The number of hydrogen-bond donors (Lipinski definition) is 1. The van der Waals surface area contributed by atoms with Crippen molar-refractivity contribution in [2.24, 2.45) is 0 Å². The van der Waals surface area contributed by atoms with E-state index in [0.717, 1.165) is 25.7 Å². The summed E-state index contributed by atoms with van der Waals surface area (Å²) in [5, 5.41) is 3.50. The number of nitrogens with one attached hydrogen (secondary N) is 1. The van der Waals surface area contributed by atoms with E-state index in [9.17, 15) is 9.18 Å². The maximum Gasteiger partial charge on any atom is 0.233 e. The highest BCUT2D eigenvalue weighted by Crippen LogP contribution is 2.38. The molecule has 0 aliphatic heterocycles. The number of hydrogen-bond acceptors (Lipinski definition) is 5. The van der Waals surface area contributed by atoms with Crippen LogP contribution < -0.4 is 5.32 Å². The molecule has 2 aromatic heterocycles. The lowest BCUT2D eigenvalue weighted by Gasteiger charge is -2.22. The number of rotatable bonds is 4. The largest absolute Gasteiger partial charge is 0.351 e. The number of carbonyl (C=O) groups excluding carboxylic acids is 1. The zero-order valence-corrected chi connectivity index (χ0v) is 16.7. The Morgan fingerprint density at radius 1 is 1.23 bits per heavy atom. The van der Waals surface area contributed by atoms with Gasteiger partial charge in [0, 0.05) is 10.4 Å². The Morgan fingerprint density at radius 2 is 1.92 bits per heavy atom. The van der Waals surface area contributed by atoms with Crippen LogP contribution >= 0.6 is 23.1 Å². The molecule has 0 radical (unpaired) electrons. The van der Waals surface area contributed by atoms with Gasteiger partial charge in [0.1, 0.15) is 17.2 Å². The first-order valence-corrected chi connectivity index (χ1v) is 9.92. The molecule has 0 fully saturated rings. The smallest absolute Gasteiger partial charge is 0.233 e. The van der Waals surface area contributed by atoms with Crippen LogP contribution in [-0.4, -0.2) is 26.7 Å². The lowest BCUT2D eigenvalue weighted by molar-refractivity contribution is -0.121. The van der Waals surface area contributed by atoms with Crippen LogP contribution in [0.3, 0.4) is 0 Å². The first-order valence-electron chi connectivity index (χ1n) is 8.22. The normalized spacial score (nSPS) is 13.0. The van der Waals surface area contributed by atoms with Crippen molar-refractivity contribution < 1.29 is 9.18 Å². The van der Waals surface area contributed by atoms with E-state index in [-0.39, 0.29) is 22.5 Å². The number of fused-ring (bicyclic) bond motifs is 1. The predicted octanol–water partition coefficient (Wildman–Crippen LogP) is 4.89. The molecule has 0 unspecified atom stereocenters. The average molecular weight is 390 g/mol. The second-order valence-corrected chi connectivity index (χ2v) is 9.39. The molecule has 7 heteroatoms. The highest BCUT2D eigenvalue weighted by atomic mass is 32.2. The lowest BCUT2D eigenvalue weighted by Crippen LogP contribution is -2.44. The van der Waals surface area contributed by atoms with E-state index in [2.05, 4.69) is 15.3 Å². The molecular weight excluding hydrogens is 369 g/mol. The van der Waals surface area contributed by atoms with E-state index in [1.807, 2.05) is 33.8 Å². The van der Waals surface area contributed by atoms with Crippen molar-refractivity contribution in [3.8, 4) is 10.4 Å². The summed E-state index contributed by atoms with van der Waals surface area (Å²) in [7, 11) is 0. The number of benzene rings is 1. The van der Waals surface area contributed by atoms with Crippen LogP contribution in [0.15, 0.2) is 41.7 Å². The standard InChI is InChI=1S/C19H20FN3OS2/c1-11(17(24)23-19(2,3)4)25-18-16-14(21-10-22-18)9-15(26-16)12-5-7-13(20)8-6-12/h5-11H,1-4H3,(H,23,24)/t11-/m0/s1. The first kappa shape index (κ1) is 18.8. The van der Waals surface area contributed by atoms with Gasteiger partial charge in [-0.2, -0.15) is 0 Å². The van der Waals surface area contributed by atoms with Crippen LogP contribution in [0.5, 0.6) is 0 Å². The topological polar surface area (TPSA) is 54.9 Å². The summed E-state index contributed by atoms with van der Waals surface area (Å²) in [4.78, 5) is 22.0. The monoisotopic (exact) mass is 389 g/mol. The molecule has 136 valence electrons. The molecule has 0 saturated heterocycles. The van der Waals surface area contributed by atoms with Crippen molar-refractivity contribution in [2.75, 3.05) is 0 Å². The molecule has 1 aromatic carbocycles. The quantitative estimate of drug-likeness (QED) is 0.510. The number of carbonyl (C=O) groups is 1. The fourth-order valence-electron chi connectivity index (χ4n) is 2.37. The molecule has 0 saturated carbocycles. The summed E-state index contributed by atoms with van der Waals surface area (Å²) in [5.41, 5.74) is 1.49. The molecule has 1 N–H and O–H groups in total. The van der Waals surface area contributed by atoms with Crippen LogP contribution in [-0.2, 0) is 4.79 Å². The van der Waals surface area contributed by atoms with Gasteiger partial charge in [0.2, 0.25) is 5.91 Å². The Kier molecular flexibility index (Phi) is 5.29. The van der Waals surface area contributed by atoms with Crippen LogP contribution in [0.2, 0.25) is 0 Å². The molecular formula is C19H20FN3OS2. The fraction of sp³-hybridized carbons (Fsp3) is 0.316. The van der Waals surface area contributed by atoms with Gasteiger partial charge in [-0.25, -0.2) is 14.4 Å². The molecule has 2 heterocycles. The maximum atomic E-state index is 13.1. The minimum atomic E-state index is -0.274. The Balaban J connectivity index is 1.87. The summed E-state index contributed by atoms with van der Waals surface area (Å²) >= 11 is 2.97. The van der Waals surface area contributed by atoms with Gasteiger partial charge in [0.15, 0.2) is 0 Å². The number of thiophene rings is 1. The third kappa shape index (κ3) is 4.40. The zero-order chi connectivity index (χ0) is 18.9. The Labute approximate surface area is 160 Å². The lowest BCUT2D eigenvalue weighted by atomic mass is 10.1. The van der Waals surface area contributed by atoms with E-state index < -0.39 is 0 Å². The molecule has 0 bridgehead atoms. The molecule has 3 aromatic rings. The molecule has 0 aliphatic rings. The van der Waals surface area contributed by atoms with Crippen LogP contribution in [0.25, 0.3) is 20.7 Å². The molecule has 26 heavy (non-hydrogen) atoms. The summed E-state index contributed by atoms with van der Waals surface area (Å²) in [6, 6.07) is 8.36. The van der Waals surface area contributed by atoms with E-state index in [0.29, 0.717) is 0 Å². The molecule has 1 atom stereocenters. The fourth-order valence-corrected chi connectivity index (χ4v) is 4.46. The highest BCUT2D eigenvalue weighted by molar-refractivity contribution is 8.00. The Morgan fingerprint density at radius 3 is 2.58 bits per heavy atom. The Bertz CT molecular complexity index is 932. The summed E-state index contributed by atoms with van der Waals surface area (Å²) in [6.07, 6.45) is 1.51. The van der Waals surface area contributed by atoms with Gasteiger partial charge in [-0.3, -0.25) is 4.79 Å². The number of halogens is 1. The highest BCUT2D eigenvalue weighted by Gasteiger charge is 2.22. The van der Waals surface area contributed by atoms with Gasteiger partial charge in [-0.05, 0) is 51.5 Å². The second kappa shape index (κ2) is 7.32. The van der Waals surface area contributed by atoms with Gasteiger partial charge >= 0.3 is 0 Å². The molecule has 3 rings (SSSR count). The van der Waals surface area contributed by atoms with Gasteiger partial charge in [0.25, 0.3) is 0 Å². The number of nitrogens with zero attached hydrogens (tertiary/aromatic N) is 2. The van der Waals surface area contributed by atoms with Gasteiger partial charge in [-0.1, -0.05) is 23.9 Å². The van der Waals surface area contributed by atoms with Crippen molar-refractivity contribution in [3.05, 3.63) is 42.5 Å². The van der Waals surface area contributed by atoms with Gasteiger partial charge in [-0.15, -0.1) is 11.3 Å². The second-order valence-electron chi connectivity index (χ2n) is 7.01. The zero-order valence-electron chi connectivity index (χ0n) is 15.0. The van der Waals surface area contributed by atoms with Crippen molar-refractivity contribution >= 4 is 39.2 Å². The van der Waals surface area contributed by atoms with Crippen molar-refractivity contribution in [2.45, 2.75) is 43.5 Å². The summed E-state index contributed by atoms with van der Waals surface area (Å²) in [5.74, 6) is -0.283. The van der Waals surface area contributed by atoms with E-state index >= 15 is 0 Å². The maximum absolute atomic E-state index is 13.1. The number of aromatic nitrogens is 2. The number of thioether (sulfide) groups is 1. The third-order valence-corrected chi connectivity index (χ3v) is 5.97. The van der Waals surface area contributed by atoms with E-state index in [4.69, 9.17) is 0 Å². The molecule has 0 aliphatic carbocycles. The van der Waals surface area contributed by atoms with Crippen molar-refractivity contribution in [1.29, 1.82) is 0 Å². The summed E-state index contributed by atoms with van der Waals surface area (Å²) in [6.45, 7) is 7.74. The van der Waals surface area contributed by atoms with Crippen LogP contribution in [0.1, 0.15) is 27.7 Å². The first-order chi connectivity index (χ1) is 12.2. The van der Waals surface area contributed by atoms with E-state index in [1.165, 1.54) is 30.2 Å². The SMILES string of the molecule is C[C@H](Sc1ncnc2cc(-c3ccc(F)cc3)sc12)C(=O)NC(C)(C)C. The minimum Gasteiger partial charge on any atom is -0.351 e. The van der Waals surface area contributed by atoms with E-state index in [1.54, 1.807) is 23.5 Å².